The number of amides is 1. The van der Waals surface area contributed by atoms with Gasteiger partial charge in [0, 0.05) is 35.9 Å². The summed E-state index contributed by atoms with van der Waals surface area (Å²) in [6.07, 6.45) is 3.01. The fourth-order valence-corrected chi connectivity index (χ4v) is 3.93. The van der Waals surface area contributed by atoms with Gasteiger partial charge in [0.2, 0.25) is 5.91 Å². The summed E-state index contributed by atoms with van der Waals surface area (Å²) in [5.74, 6) is -0.910. The van der Waals surface area contributed by atoms with E-state index in [9.17, 15) is 14.7 Å². The van der Waals surface area contributed by atoms with Crippen LogP contribution in [0.25, 0.3) is 0 Å². The average molecular weight is 339 g/mol. The summed E-state index contributed by atoms with van der Waals surface area (Å²) in [7, 11) is 0. The van der Waals surface area contributed by atoms with Gasteiger partial charge >= 0.3 is 5.97 Å². The molecule has 2 heterocycles. The molecule has 1 aromatic rings. The van der Waals surface area contributed by atoms with Crippen molar-refractivity contribution in [3.63, 3.8) is 0 Å². The molecule has 0 spiro atoms. The monoisotopic (exact) mass is 339 g/mol. The minimum atomic E-state index is -0.866. The van der Waals surface area contributed by atoms with Crippen molar-refractivity contribution < 1.29 is 19.4 Å². The summed E-state index contributed by atoms with van der Waals surface area (Å²) in [6, 6.07) is 2.18. The Bertz CT molecular complexity index is 561. The minimum absolute atomic E-state index is 0.0679. The number of carboxylic acids is 1. The van der Waals surface area contributed by atoms with Crippen LogP contribution in [0.3, 0.4) is 0 Å². The number of carbonyl (C=O) groups is 2. The van der Waals surface area contributed by atoms with Gasteiger partial charge in [-0.1, -0.05) is 0 Å². The Balaban J connectivity index is 1.76. The van der Waals surface area contributed by atoms with Gasteiger partial charge in [0.25, 0.3) is 0 Å². The van der Waals surface area contributed by atoms with Crippen molar-refractivity contribution in [2.24, 2.45) is 5.41 Å². The molecule has 0 aromatic carbocycles. The topological polar surface area (TPSA) is 75.6 Å². The molecule has 6 heteroatoms. The van der Waals surface area contributed by atoms with Crippen LogP contribution in [0, 0.1) is 19.3 Å². The summed E-state index contributed by atoms with van der Waals surface area (Å²) in [5.41, 5.74) is 0.446. The van der Waals surface area contributed by atoms with Crippen LogP contribution in [0.15, 0.2) is 6.07 Å². The summed E-state index contributed by atoms with van der Waals surface area (Å²) in [5, 5.41) is 12.3. The second-order valence-corrected chi connectivity index (χ2v) is 7.73. The van der Waals surface area contributed by atoms with Crippen LogP contribution in [-0.4, -0.2) is 36.7 Å². The van der Waals surface area contributed by atoms with Crippen LogP contribution >= 0.6 is 11.3 Å². The Morgan fingerprint density at radius 1 is 1.35 bits per heavy atom. The first-order valence-corrected chi connectivity index (χ1v) is 8.88. The predicted molar refractivity (Wildman–Crippen MR) is 89.9 cm³/mol. The van der Waals surface area contributed by atoms with Crippen molar-refractivity contribution in [3.8, 4) is 0 Å². The van der Waals surface area contributed by atoms with Gasteiger partial charge in [0.15, 0.2) is 0 Å². The lowest BCUT2D eigenvalue weighted by Gasteiger charge is -2.33. The molecular formula is C17H25NO4S. The Morgan fingerprint density at radius 3 is 2.61 bits per heavy atom. The minimum Gasteiger partial charge on any atom is -0.481 e. The van der Waals surface area contributed by atoms with Gasteiger partial charge in [-0.15, -0.1) is 11.3 Å². The highest BCUT2D eigenvalue weighted by Gasteiger charge is 2.40. The van der Waals surface area contributed by atoms with Crippen molar-refractivity contribution >= 4 is 23.2 Å². The second-order valence-electron chi connectivity index (χ2n) is 6.27. The fraction of sp³-hybridized carbons (Fsp3) is 0.647. The van der Waals surface area contributed by atoms with Crippen LogP contribution < -0.4 is 5.32 Å². The Morgan fingerprint density at radius 2 is 2.04 bits per heavy atom. The Kier molecular flexibility index (Phi) is 6.18. The molecule has 2 N–H and O–H groups in total. The third kappa shape index (κ3) is 4.78. The van der Waals surface area contributed by atoms with Gasteiger partial charge < -0.3 is 15.2 Å². The number of hydrogen-bond donors (Lipinski definition) is 2. The van der Waals surface area contributed by atoms with Gasteiger partial charge in [0.05, 0.1) is 5.41 Å². The first kappa shape index (κ1) is 17.9. The maximum Gasteiger partial charge on any atom is 0.311 e. The molecule has 0 atom stereocenters. The van der Waals surface area contributed by atoms with Crippen molar-refractivity contribution in [1.29, 1.82) is 0 Å². The van der Waals surface area contributed by atoms with E-state index in [4.69, 9.17) is 4.74 Å². The quantitative estimate of drug-likeness (QED) is 0.801. The molecule has 1 amide bonds. The van der Waals surface area contributed by atoms with Crippen LogP contribution in [0.4, 0.5) is 0 Å². The van der Waals surface area contributed by atoms with Gasteiger partial charge in [-0.3, -0.25) is 9.59 Å². The fourth-order valence-electron chi connectivity index (χ4n) is 2.96. The van der Waals surface area contributed by atoms with E-state index < -0.39 is 11.4 Å². The smallest absolute Gasteiger partial charge is 0.311 e. The number of thiophene rings is 1. The Hall–Kier alpha value is -1.40. The van der Waals surface area contributed by atoms with E-state index >= 15 is 0 Å². The number of nitrogens with one attached hydrogen (secondary N) is 1. The summed E-state index contributed by atoms with van der Waals surface area (Å²) >= 11 is 1.78. The number of rotatable bonds is 7. The third-order valence-electron chi connectivity index (χ3n) is 4.52. The molecule has 2 rings (SSSR count). The van der Waals surface area contributed by atoms with Crippen LogP contribution in [0.2, 0.25) is 0 Å². The first-order valence-electron chi connectivity index (χ1n) is 8.07. The molecule has 0 unspecified atom stereocenters. The molecule has 23 heavy (non-hydrogen) atoms. The highest BCUT2D eigenvalue weighted by atomic mass is 32.1. The molecule has 1 aliphatic rings. The Labute approximate surface area is 141 Å². The molecule has 0 bridgehead atoms. The SMILES string of the molecule is Cc1cc(CCCC(=O)NCC2(C(=O)O)CCOCC2)c(C)s1. The number of aliphatic carboxylic acids is 1. The maximum absolute atomic E-state index is 12.0. The molecule has 0 radical (unpaired) electrons. The zero-order valence-electron chi connectivity index (χ0n) is 13.8. The van der Waals surface area contributed by atoms with Gasteiger partial charge in [-0.2, -0.15) is 0 Å². The standard InChI is InChI=1S/C17H25NO4S/c1-12-10-14(13(2)23-12)4-3-5-15(19)18-11-17(16(20)21)6-8-22-9-7-17/h10H,3-9,11H2,1-2H3,(H,18,19)(H,20,21). The number of carbonyl (C=O) groups excluding carboxylic acids is 1. The average Bonchev–Trinajstić information content (AvgIpc) is 2.84. The van der Waals surface area contributed by atoms with E-state index in [2.05, 4.69) is 25.2 Å². The van der Waals surface area contributed by atoms with Gasteiger partial charge in [-0.05, 0) is 51.2 Å². The zero-order valence-corrected chi connectivity index (χ0v) is 14.6. The van der Waals surface area contributed by atoms with Crippen molar-refractivity contribution in [2.75, 3.05) is 19.8 Å². The molecule has 0 aliphatic carbocycles. The third-order valence-corrected chi connectivity index (χ3v) is 5.53. The lowest BCUT2D eigenvalue weighted by molar-refractivity contribution is -0.154. The van der Waals surface area contributed by atoms with E-state index in [1.54, 1.807) is 11.3 Å². The number of hydrogen-bond acceptors (Lipinski definition) is 4. The van der Waals surface area contributed by atoms with Crippen LogP contribution in [0.5, 0.6) is 0 Å². The van der Waals surface area contributed by atoms with Crippen molar-refractivity contribution in [1.82, 2.24) is 5.32 Å². The van der Waals surface area contributed by atoms with E-state index in [1.807, 2.05) is 0 Å². The van der Waals surface area contributed by atoms with Crippen LogP contribution in [0.1, 0.15) is 41.0 Å². The molecule has 1 aliphatic heterocycles. The molecule has 128 valence electrons. The van der Waals surface area contributed by atoms with Gasteiger partial charge in [-0.25, -0.2) is 0 Å². The van der Waals surface area contributed by atoms with Crippen molar-refractivity contribution in [2.45, 2.75) is 46.0 Å². The van der Waals surface area contributed by atoms with Gasteiger partial charge in [0.1, 0.15) is 0 Å². The maximum atomic E-state index is 12.0. The zero-order chi connectivity index (χ0) is 16.9. The first-order chi connectivity index (χ1) is 10.9. The summed E-state index contributed by atoms with van der Waals surface area (Å²) in [6.45, 7) is 5.28. The van der Waals surface area contributed by atoms with E-state index in [0.29, 0.717) is 32.5 Å². The lowest BCUT2D eigenvalue weighted by atomic mass is 9.80. The summed E-state index contributed by atoms with van der Waals surface area (Å²) in [4.78, 5) is 26.1. The molecule has 1 saturated heterocycles. The number of carboxylic acid groups (broad SMARTS) is 1. The predicted octanol–water partition coefficient (Wildman–Crippen LogP) is 2.69. The largest absolute Gasteiger partial charge is 0.481 e. The molecule has 5 nitrogen and oxygen atoms in total. The van der Waals surface area contributed by atoms with Crippen molar-refractivity contribution in [3.05, 3.63) is 21.4 Å². The van der Waals surface area contributed by atoms with E-state index in [0.717, 1.165) is 12.8 Å². The normalized spacial score (nSPS) is 17.0. The highest BCUT2D eigenvalue weighted by molar-refractivity contribution is 7.12. The van der Waals surface area contributed by atoms with E-state index in [1.165, 1.54) is 15.3 Å². The highest BCUT2D eigenvalue weighted by Crippen LogP contribution is 2.30. The molecule has 1 fully saturated rings. The van der Waals surface area contributed by atoms with Crippen LogP contribution in [-0.2, 0) is 20.7 Å². The lowest BCUT2D eigenvalue weighted by Crippen LogP contribution is -2.46. The molecule has 1 aromatic heterocycles. The van der Waals surface area contributed by atoms with E-state index in [-0.39, 0.29) is 12.5 Å². The second kappa shape index (κ2) is 7.93. The molecular weight excluding hydrogens is 314 g/mol. The number of ether oxygens (including phenoxy) is 1. The summed E-state index contributed by atoms with van der Waals surface area (Å²) < 4.78 is 5.23. The molecule has 0 saturated carbocycles. The number of aryl methyl sites for hydroxylation is 3.